The molecule has 0 saturated carbocycles. The minimum absolute atomic E-state index is 0.0260. The number of esters is 1. The Bertz CT molecular complexity index is 803. The van der Waals surface area contributed by atoms with Crippen molar-refractivity contribution in [3.63, 3.8) is 0 Å². The summed E-state index contributed by atoms with van der Waals surface area (Å²) in [6, 6.07) is 16.1. The standard InChI is InChI=1S/C23H29N3O2/c1-17-22(23(27)28-16-18-7-3-2-4-8-18)20-15-19(9-10-21(20)25-17)24-11-14-26-12-5-6-13-26/h2-4,7-10,15,17,22,24-25H,5-6,11-14,16H2,1H3. The second kappa shape index (κ2) is 8.65. The molecule has 2 aromatic rings. The van der Waals surface area contributed by atoms with Gasteiger partial charge >= 0.3 is 5.97 Å². The largest absolute Gasteiger partial charge is 0.460 e. The van der Waals surface area contributed by atoms with Crippen LogP contribution < -0.4 is 10.6 Å². The highest BCUT2D eigenvalue weighted by molar-refractivity contribution is 5.85. The number of carbonyl (C=O) groups is 1. The molecule has 2 unspecified atom stereocenters. The molecule has 2 aliphatic heterocycles. The maximum atomic E-state index is 12.8. The van der Waals surface area contributed by atoms with Crippen molar-refractivity contribution >= 4 is 17.3 Å². The van der Waals surface area contributed by atoms with Gasteiger partial charge in [-0.05, 0) is 62.2 Å². The predicted molar refractivity (Wildman–Crippen MR) is 113 cm³/mol. The molecule has 2 atom stereocenters. The van der Waals surface area contributed by atoms with Gasteiger partial charge in [-0.2, -0.15) is 0 Å². The first-order valence-electron chi connectivity index (χ1n) is 10.3. The van der Waals surface area contributed by atoms with Gasteiger partial charge in [0.1, 0.15) is 12.5 Å². The molecule has 2 aromatic carbocycles. The Hall–Kier alpha value is -2.53. The molecule has 1 saturated heterocycles. The van der Waals surface area contributed by atoms with Crippen molar-refractivity contribution in [3.8, 4) is 0 Å². The fourth-order valence-corrected chi connectivity index (χ4v) is 4.17. The molecule has 5 nitrogen and oxygen atoms in total. The van der Waals surface area contributed by atoms with Gasteiger partial charge in [0.25, 0.3) is 0 Å². The molecule has 2 aliphatic rings. The van der Waals surface area contributed by atoms with Crippen LogP contribution in [0.2, 0.25) is 0 Å². The summed E-state index contributed by atoms with van der Waals surface area (Å²) >= 11 is 0. The predicted octanol–water partition coefficient (Wildman–Crippen LogP) is 3.84. The number of hydrogen-bond acceptors (Lipinski definition) is 5. The normalized spacial score (nSPS) is 21.2. The molecule has 148 valence electrons. The van der Waals surface area contributed by atoms with Crippen LogP contribution in [-0.4, -0.2) is 43.1 Å². The van der Waals surface area contributed by atoms with Crippen molar-refractivity contribution in [1.29, 1.82) is 0 Å². The zero-order chi connectivity index (χ0) is 19.3. The summed E-state index contributed by atoms with van der Waals surface area (Å²) in [5.74, 6) is -0.448. The Morgan fingerprint density at radius 1 is 1.18 bits per heavy atom. The lowest BCUT2D eigenvalue weighted by Gasteiger charge is -2.17. The van der Waals surface area contributed by atoms with Gasteiger partial charge in [-0.15, -0.1) is 0 Å². The van der Waals surface area contributed by atoms with Crippen molar-refractivity contribution in [3.05, 3.63) is 59.7 Å². The molecule has 0 bridgehead atoms. The van der Waals surface area contributed by atoms with E-state index in [1.165, 1.54) is 25.9 Å². The highest BCUT2D eigenvalue weighted by atomic mass is 16.5. The third-order valence-electron chi connectivity index (χ3n) is 5.70. The van der Waals surface area contributed by atoms with Crippen LogP contribution >= 0.6 is 0 Å². The van der Waals surface area contributed by atoms with E-state index in [2.05, 4.69) is 33.7 Å². The van der Waals surface area contributed by atoms with E-state index in [1.54, 1.807) is 0 Å². The molecule has 2 N–H and O–H groups in total. The molecular weight excluding hydrogens is 350 g/mol. The summed E-state index contributed by atoms with van der Waals surface area (Å²) in [6.45, 7) is 6.76. The Balaban J connectivity index is 1.38. The summed E-state index contributed by atoms with van der Waals surface area (Å²) in [5, 5.41) is 6.93. The number of nitrogens with one attached hydrogen (secondary N) is 2. The number of ether oxygens (including phenoxy) is 1. The lowest BCUT2D eigenvalue weighted by atomic mass is 9.95. The zero-order valence-corrected chi connectivity index (χ0v) is 16.5. The second-order valence-corrected chi connectivity index (χ2v) is 7.78. The number of hydrogen-bond donors (Lipinski definition) is 2. The van der Waals surface area contributed by atoms with E-state index in [1.807, 2.05) is 37.3 Å². The summed E-state index contributed by atoms with van der Waals surface area (Å²) in [6.07, 6.45) is 2.63. The Labute approximate surface area is 167 Å². The summed E-state index contributed by atoms with van der Waals surface area (Å²) in [4.78, 5) is 15.3. The van der Waals surface area contributed by atoms with Gasteiger partial charge in [-0.25, -0.2) is 0 Å². The van der Waals surface area contributed by atoms with E-state index in [4.69, 9.17) is 4.74 Å². The second-order valence-electron chi connectivity index (χ2n) is 7.78. The number of benzene rings is 2. The van der Waals surface area contributed by atoms with Crippen molar-refractivity contribution in [2.24, 2.45) is 0 Å². The van der Waals surface area contributed by atoms with Gasteiger partial charge in [0.15, 0.2) is 0 Å². The maximum Gasteiger partial charge on any atom is 0.315 e. The third kappa shape index (κ3) is 4.30. The molecular formula is C23H29N3O2. The van der Waals surface area contributed by atoms with Crippen molar-refractivity contribution in [2.75, 3.05) is 36.8 Å². The average molecular weight is 380 g/mol. The van der Waals surface area contributed by atoms with Gasteiger partial charge in [0, 0.05) is 30.5 Å². The van der Waals surface area contributed by atoms with E-state index in [0.29, 0.717) is 6.61 Å². The van der Waals surface area contributed by atoms with Crippen molar-refractivity contribution < 1.29 is 9.53 Å². The minimum atomic E-state index is -0.279. The van der Waals surface area contributed by atoms with Crippen LogP contribution in [0.1, 0.15) is 36.8 Å². The lowest BCUT2D eigenvalue weighted by Crippen LogP contribution is -2.26. The van der Waals surface area contributed by atoms with Crippen LogP contribution in [0.15, 0.2) is 48.5 Å². The molecule has 2 heterocycles. The molecule has 1 fully saturated rings. The van der Waals surface area contributed by atoms with E-state index in [9.17, 15) is 4.79 Å². The maximum absolute atomic E-state index is 12.8. The van der Waals surface area contributed by atoms with Crippen LogP contribution in [-0.2, 0) is 16.1 Å². The molecule has 0 radical (unpaired) electrons. The topological polar surface area (TPSA) is 53.6 Å². The van der Waals surface area contributed by atoms with Gasteiger partial charge in [0.05, 0.1) is 0 Å². The number of anilines is 2. The summed E-state index contributed by atoms with van der Waals surface area (Å²) in [5.41, 5.74) is 4.12. The number of rotatable bonds is 7. The van der Waals surface area contributed by atoms with Crippen molar-refractivity contribution in [2.45, 2.75) is 38.3 Å². The smallest absolute Gasteiger partial charge is 0.315 e. The SMILES string of the molecule is CC1Nc2ccc(NCCN3CCCC3)cc2C1C(=O)OCc1ccccc1. The third-order valence-corrected chi connectivity index (χ3v) is 5.70. The zero-order valence-electron chi connectivity index (χ0n) is 16.5. The monoisotopic (exact) mass is 379 g/mol. The first kappa shape index (κ1) is 18.8. The molecule has 4 rings (SSSR count). The van der Waals surface area contributed by atoms with Crippen LogP contribution in [0, 0.1) is 0 Å². The molecule has 5 heteroatoms. The molecule has 0 aliphatic carbocycles. The molecule has 0 spiro atoms. The Kier molecular flexibility index (Phi) is 5.81. The van der Waals surface area contributed by atoms with E-state index in [-0.39, 0.29) is 17.9 Å². The summed E-state index contributed by atoms with van der Waals surface area (Å²) < 4.78 is 5.62. The van der Waals surface area contributed by atoms with Crippen LogP contribution in [0.4, 0.5) is 11.4 Å². The van der Waals surface area contributed by atoms with E-state index >= 15 is 0 Å². The first-order chi connectivity index (χ1) is 13.7. The molecule has 0 amide bonds. The fourth-order valence-electron chi connectivity index (χ4n) is 4.17. The van der Waals surface area contributed by atoms with Crippen molar-refractivity contribution in [1.82, 2.24) is 4.90 Å². The molecule has 0 aromatic heterocycles. The number of nitrogens with zero attached hydrogens (tertiary/aromatic N) is 1. The highest BCUT2D eigenvalue weighted by Crippen LogP contribution is 2.38. The molecule has 28 heavy (non-hydrogen) atoms. The lowest BCUT2D eigenvalue weighted by molar-refractivity contribution is -0.146. The fraction of sp³-hybridized carbons (Fsp3) is 0.435. The number of carbonyl (C=O) groups excluding carboxylic acids is 1. The van der Waals surface area contributed by atoms with Gasteiger partial charge < -0.3 is 20.3 Å². The Morgan fingerprint density at radius 2 is 1.96 bits per heavy atom. The quantitative estimate of drug-likeness (QED) is 0.716. The minimum Gasteiger partial charge on any atom is -0.460 e. The van der Waals surface area contributed by atoms with Gasteiger partial charge in [-0.1, -0.05) is 30.3 Å². The van der Waals surface area contributed by atoms with Gasteiger partial charge in [0.2, 0.25) is 0 Å². The van der Waals surface area contributed by atoms with Crippen LogP contribution in [0.3, 0.4) is 0 Å². The Morgan fingerprint density at radius 3 is 2.75 bits per heavy atom. The number of fused-ring (bicyclic) bond motifs is 1. The van der Waals surface area contributed by atoms with Crippen LogP contribution in [0.5, 0.6) is 0 Å². The van der Waals surface area contributed by atoms with Gasteiger partial charge in [-0.3, -0.25) is 4.79 Å². The van der Waals surface area contributed by atoms with E-state index < -0.39 is 0 Å². The number of likely N-dealkylation sites (tertiary alicyclic amines) is 1. The highest BCUT2D eigenvalue weighted by Gasteiger charge is 2.36. The summed E-state index contributed by atoms with van der Waals surface area (Å²) in [7, 11) is 0. The average Bonchev–Trinajstić information content (AvgIpc) is 3.33. The van der Waals surface area contributed by atoms with E-state index in [0.717, 1.165) is 35.6 Å². The first-order valence-corrected chi connectivity index (χ1v) is 10.3. The van der Waals surface area contributed by atoms with Crippen LogP contribution in [0.25, 0.3) is 0 Å².